The van der Waals surface area contributed by atoms with Crippen LogP contribution < -0.4 is 10.6 Å². The minimum absolute atomic E-state index is 0.0532. The number of carbonyl (C=O) groups excluding carboxylic acids is 2. The van der Waals surface area contributed by atoms with E-state index in [1.165, 1.54) is 6.07 Å². The molecular formula is C22H20FN5O4. The first-order chi connectivity index (χ1) is 15.3. The predicted molar refractivity (Wildman–Crippen MR) is 115 cm³/mol. The van der Waals surface area contributed by atoms with Gasteiger partial charge in [-0.25, -0.2) is 4.39 Å². The summed E-state index contributed by atoms with van der Waals surface area (Å²) in [7, 11) is 1.79. The Labute approximate surface area is 181 Å². The third kappa shape index (κ3) is 4.15. The Morgan fingerprint density at radius 2 is 1.81 bits per heavy atom. The standard InChI is InChI=1S/C22H20FN5O4/c1-27-19-8-16(17(23)7-13(19)9-26-27)14-3-2-4-18-15(14)5-6-28(18)12-21(30)24-10-20(29)25-11-22(31)32/h2-9H,10-12H2,1H3,(H,24,30)(H,25,29)(H,31,32). The summed E-state index contributed by atoms with van der Waals surface area (Å²) in [6, 6.07) is 10.5. The number of aromatic nitrogens is 3. The summed E-state index contributed by atoms with van der Waals surface area (Å²) in [5.41, 5.74) is 2.66. The molecule has 10 heteroatoms. The van der Waals surface area contributed by atoms with Crippen LogP contribution in [0.1, 0.15) is 0 Å². The lowest BCUT2D eigenvalue weighted by Gasteiger charge is -2.10. The maximum absolute atomic E-state index is 14.9. The Morgan fingerprint density at radius 1 is 1.03 bits per heavy atom. The average molecular weight is 437 g/mol. The highest BCUT2D eigenvalue weighted by atomic mass is 19.1. The van der Waals surface area contributed by atoms with Gasteiger partial charge in [-0.1, -0.05) is 12.1 Å². The summed E-state index contributed by atoms with van der Waals surface area (Å²) in [5.74, 6) is -2.54. The minimum Gasteiger partial charge on any atom is -0.480 e. The number of hydrogen-bond acceptors (Lipinski definition) is 4. The number of carboxylic acids is 1. The van der Waals surface area contributed by atoms with Crippen LogP contribution in [0.15, 0.2) is 48.8 Å². The molecule has 0 saturated carbocycles. The predicted octanol–water partition coefficient (Wildman–Crippen LogP) is 1.65. The van der Waals surface area contributed by atoms with E-state index in [4.69, 9.17) is 5.11 Å². The summed E-state index contributed by atoms with van der Waals surface area (Å²) in [6.45, 7) is -0.893. The smallest absolute Gasteiger partial charge is 0.322 e. The van der Waals surface area contributed by atoms with E-state index in [1.807, 2.05) is 18.2 Å². The molecule has 0 fully saturated rings. The zero-order valence-corrected chi connectivity index (χ0v) is 17.1. The van der Waals surface area contributed by atoms with Gasteiger partial charge in [0.1, 0.15) is 18.9 Å². The van der Waals surface area contributed by atoms with E-state index in [1.54, 1.807) is 40.8 Å². The number of carbonyl (C=O) groups is 3. The van der Waals surface area contributed by atoms with Crippen LogP contribution in [0, 0.1) is 5.82 Å². The Morgan fingerprint density at radius 3 is 2.59 bits per heavy atom. The van der Waals surface area contributed by atoms with Crippen molar-refractivity contribution in [2.24, 2.45) is 7.05 Å². The van der Waals surface area contributed by atoms with Crippen LogP contribution >= 0.6 is 0 Å². The van der Waals surface area contributed by atoms with Gasteiger partial charge in [0.2, 0.25) is 11.8 Å². The van der Waals surface area contributed by atoms with Crippen molar-refractivity contribution in [3.8, 4) is 11.1 Å². The van der Waals surface area contributed by atoms with E-state index in [0.717, 1.165) is 16.4 Å². The normalized spacial score (nSPS) is 11.1. The van der Waals surface area contributed by atoms with Crippen molar-refractivity contribution in [3.05, 3.63) is 54.6 Å². The lowest BCUT2D eigenvalue weighted by molar-refractivity contribution is -0.137. The molecule has 0 unspecified atom stereocenters. The van der Waals surface area contributed by atoms with Crippen molar-refractivity contribution < 1.29 is 23.9 Å². The molecule has 0 aliphatic rings. The van der Waals surface area contributed by atoms with Gasteiger partial charge in [0, 0.05) is 35.1 Å². The van der Waals surface area contributed by atoms with Gasteiger partial charge in [-0.3, -0.25) is 19.1 Å². The highest BCUT2D eigenvalue weighted by molar-refractivity contribution is 5.98. The maximum atomic E-state index is 14.9. The second kappa shape index (κ2) is 8.50. The molecule has 0 radical (unpaired) electrons. The van der Waals surface area contributed by atoms with Crippen molar-refractivity contribution in [1.29, 1.82) is 0 Å². The number of nitrogens with zero attached hydrogens (tertiary/aromatic N) is 3. The van der Waals surface area contributed by atoms with Gasteiger partial charge in [-0.2, -0.15) is 5.10 Å². The summed E-state index contributed by atoms with van der Waals surface area (Å²) in [6.07, 6.45) is 3.33. The molecule has 164 valence electrons. The monoisotopic (exact) mass is 437 g/mol. The largest absolute Gasteiger partial charge is 0.480 e. The van der Waals surface area contributed by atoms with Crippen LogP contribution in [0.4, 0.5) is 4.39 Å². The molecular weight excluding hydrogens is 417 g/mol. The van der Waals surface area contributed by atoms with Crippen LogP contribution in [0.2, 0.25) is 0 Å². The van der Waals surface area contributed by atoms with Crippen molar-refractivity contribution >= 4 is 39.6 Å². The molecule has 0 bridgehead atoms. The van der Waals surface area contributed by atoms with Crippen molar-refractivity contribution in [2.75, 3.05) is 13.1 Å². The number of hydrogen-bond donors (Lipinski definition) is 3. The van der Waals surface area contributed by atoms with E-state index in [2.05, 4.69) is 15.7 Å². The van der Waals surface area contributed by atoms with Gasteiger partial charge in [0.25, 0.3) is 0 Å². The number of halogens is 1. The Balaban J connectivity index is 1.56. The zero-order valence-electron chi connectivity index (χ0n) is 17.1. The zero-order chi connectivity index (χ0) is 22.8. The molecule has 2 aromatic carbocycles. The number of aliphatic carboxylic acids is 1. The maximum Gasteiger partial charge on any atom is 0.322 e. The molecule has 2 heterocycles. The average Bonchev–Trinajstić information content (AvgIpc) is 3.33. The number of rotatable bonds is 7. The number of amides is 2. The number of aryl methyl sites for hydroxylation is 1. The molecule has 2 aromatic heterocycles. The van der Waals surface area contributed by atoms with Crippen molar-refractivity contribution in [3.63, 3.8) is 0 Å². The number of carboxylic acid groups (broad SMARTS) is 1. The van der Waals surface area contributed by atoms with Gasteiger partial charge >= 0.3 is 5.97 Å². The van der Waals surface area contributed by atoms with Crippen LogP contribution in [0.5, 0.6) is 0 Å². The number of fused-ring (bicyclic) bond motifs is 2. The summed E-state index contributed by atoms with van der Waals surface area (Å²) in [4.78, 5) is 34.3. The van der Waals surface area contributed by atoms with Crippen molar-refractivity contribution in [1.82, 2.24) is 25.0 Å². The lowest BCUT2D eigenvalue weighted by atomic mass is 10.00. The van der Waals surface area contributed by atoms with Crippen LogP contribution in [-0.4, -0.2) is 50.3 Å². The fraction of sp³-hybridized carbons (Fsp3) is 0.182. The first kappa shape index (κ1) is 21.0. The third-order valence-corrected chi connectivity index (χ3v) is 5.14. The highest BCUT2D eigenvalue weighted by Gasteiger charge is 2.15. The molecule has 4 rings (SSSR count). The Bertz CT molecular complexity index is 1360. The van der Waals surface area contributed by atoms with Gasteiger partial charge in [0.15, 0.2) is 0 Å². The number of benzene rings is 2. The minimum atomic E-state index is -1.17. The van der Waals surface area contributed by atoms with Gasteiger partial charge < -0.3 is 20.3 Å². The molecule has 0 aliphatic carbocycles. The fourth-order valence-corrected chi connectivity index (χ4v) is 3.60. The first-order valence-corrected chi connectivity index (χ1v) is 9.78. The Hall–Kier alpha value is -4.21. The first-order valence-electron chi connectivity index (χ1n) is 9.78. The quantitative estimate of drug-likeness (QED) is 0.406. The van der Waals surface area contributed by atoms with Gasteiger partial charge in [0.05, 0.1) is 18.3 Å². The lowest BCUT2D eigenvalue weighted by Crippen LogP contribution is -2.40. The molecule has 0 aliphatic heterocycles. The summed E-state index contributed by atoms with van der Waals surface area (Å²) in [5, 5.41) is 18.8. The van der Waals surface area contributed by atoms with E-state index >= 15 is 0 Å². The van der Waals surface area contributed by atoms with E-state index < -0.39 is 24.3 Å². The van der Waals surface area contributed by atoms with Crippen LogP contribution in [-0.2, 0) is 28.0 Å². The Kier molecular flexibility index (Phi) is 5.59. The molecule has 0 spiro atoms. The molecule has 2 amide bonds. The molecule has 0 atom stereocenters. The van der Waals surface area contributed by atoms with Crippen molar-refractivity contribution in [2.45, 2.75) is 6.54 Å². The second-order valence-corrected chi connectivity index (χ2v) is 7.29. The molecule has 9 nitrogen and oxygen atoms in total. The molecule has 3 N–H and O–H groups in total. The fourth-order valence-electron chi connectivity index (χ4n) is 3.60. The van der Waals surface area contributed by atoms with Crippen LogP contribution in [0.25, 0.3) is 32.9 Å². The number of nitrogens with one attached hydrogen (secondary N) is 2. The van der Waals surface area contributed by atoms with E-state index in [0.29, 0.717) is 16.5 Å². The second-order valence-electron chi connectivity index (χ2n) is 7.29. The van der Waals surface area contributed by atoms with E-state index in [9.17, 15) is 18.8 Å². The molecule has 0 saturated heterocycles. The topological polar surface area (TPSA) is 118 Å². The highest BCUT2D eigenvalue weighted by Crippen LogP contribution is 2.33. The van der Waals surface area contributed by atoms with Gasteiger partial charge in [-0.15, -0.1) is 0 Å². The summed E-state index contributed by atoms with van der Waals surface area (Å²) < 4.78 is 18.2. The SMILES string of the molecule is Cn1ncc2cc(F)c(-c3cccc4c3ccn4CC(=O)NCC(=O)NCC(=O)O)cc21. The third-order valence-electron chi connectivity index (χ3n) is 5.14. The molecule has 32 heavy (non-hydrogen) atoms. The summed E-state index contributed by atoms with van der Waals surface area (Å²) >= 11 is 0. The van der Waals surface area contributed by atoms with Crippen LogP contribution in [0.3, 0.4) is 0 Å². The van der Waals surface area contributed by atoms with Gasteiger partial charge in [-0.05, 0) is 29.8 Å². The molecule has 4 aromatic rings. The van der Waals surface area contributed by atoms with E-state index in [-0.39, 0.29) is 18.9 Å².